The van der Waals surface area contributed by atoms with Crippen LogP contribution in [-0.4, -0.2) is 31.2 Å². The monoisotopic (exact) mass is 383 g/mol. The molecule has 0 bridgehead atoms. The van der Waals surface area contributed by atoms with Crippen LogP contribution >= 0.6 is 11.3 Å². The van der Waals surface area contributed by atoms with E-state index in [1.807, 2.05) is 24.3 Å². The number of anilines is 1. The van der Waals surface area contributed by atoms with E-state index < -0.39 is 18.0 Å². The third kappa shape index (κ3) is 3.73. The van der Waals surface area contributed by atoms with Gasteiger partial charge in [-0.2, -0.15) is 0 Å². The van der Waals surface area contributed by atoms with Crippen molar-refractivity contribution < 1.29 is 23.8 Å². The van der Waals surface area contributed by atoms with Crippen LogP contribution in [0.15, 0.2) is 48.5 Å². The van der Waals surface area contributed by atoms with E-state index in [0.29, 0.717) is 35.3 Å². The van der Waals surface area contributed by atoms with Crippen molar-refractivity contribution in [1.82, 2.24) is 0 Å². The molecule has 138 valence electrons. The zero-order chi connectivity index (χ0) is 18.8. The maximum atomic E-state index is 12.4. The molecule has 0 saturated carbocycles. The molecule has 0 radical (unpaired) electrons. The van der Waals surface area contributed by atoms with E-state index in [1.165, 1.54) is 11.3 Å². The van der Waals surface area contributed by atoms with Crippen molar-refractivity contribution in [1.29, 1.82) is 0 Å². The number of carbonyl (C=O) groups is 2. The zero-order valence-corrected chi connectivity index (χ0v) is 15.4. The molecular weight excluding hydrogens is 366 g/mol. The lowest BCUT2D eigenvalue weighted by atomic mass is 10.2. The lowest BCUT2D eigenvalue weighted by Crippen LogP contribution is -2.29. The normalized spacial score (nSPS) is 13.8. The van der Waals surface area contributed by atoms with E-state index in [-0.39, 0.29) is 0 Å². The summed E-state index contributed by atoms with van der Waals surface area (Å²) in [6, 6.07) is 14.6. The first-order valence-electron chi connectivity index (χ1n) is 8.50. The molecule has 3 aromatic rings. The molecule has 27 heavy (non-hydrogen) atoms. The van der Waals surface area contributed by atoms with Crippen LogP contribution in [0.3, 0.4) is 0 Å². The second-order valence-electron chi connectivity index (χ2n) is 6.04. The summed E-state index contributed by atoms with van der Waals surface area (Å²) in [5.41, 5.74) is 0.550. The SMILES string of the molecule is C[C@H](OC(=O)c1cc2ccccc2s1)C(=O)Nc1ccc2c(c1)OCCO2. The Morgan fingerprint density at radius 2 is 1.85 bits per heavy atom. The van der Waals surface area contributed by atoms with E-state index in [1.54, 1.807) is 31.2 Å². The summed E-state index contributed by atoms with van der Waals surface area (Å²) in [6.45, 7) is 2.51. The first-order valence-corrected chi connectivity index (χ1v) is 9.32. The van der Waals surface area contributed by atoms with Crippen LogP contribution in [0, 0.1) is 0 Å². The Morgan fingerprint density at radius 1 is 1.07 bits per heavy atom. The van der Waals surface area contributed by atoms with Gasteiger partial charge in [0.05, 0.1) is 0 Å². The van der Waals surface area contributed by atoms with E-state index >= 15 is 0 Å². The number of nitrogens with one attached hydrogen (secondary N) is 1. The number of fused-ring (bicyclic) bond motifs is 2. The number of hydrogen-bond donors (Lipinski definition) is 1. The molecule has 4 rings (SSSR count). The third-order valence-electron chi connectivity index (χ3n) is 4.09. The maximum absolute atomic E-state index is 12.4. The summed E-state index contributed by atoms with van der Waals surface area (Å²) in [5.74, 6) is 0.291. The average molecular weight is 383 g/mol. The van der Waals surface area contributed by atoms with Crippen LogP contribution in [0.5, 0.6) is 11.5 Å². The van der Waals surface area contributed by atoms with Crippen molar-refractivity contribution >= 4 is 39.0 Å². The minimum Gasteiger partial charge on any atom is -0.486 e. The van der Waals surface area contributed by atoms with Crippen LogP contribution in [-0.2, 0) is 9.53 Å². The van der Waals surface area contributed by atoms with E-state index in [9.17, 15) is 9.59 Å². The molecule has 0 fully saturated rings. The third-order valence-corrected chi connectivity index (χ3v) is 5.19. The molecule has 1 aliphatic rings. The smallest absolute Gasteiger partial charge is 0.349 e. The predicted octanol–water partition coefficient (Wildman–Crippen LogP) is 3.86. The Balaban J connectivity index is 1.40. The highest BCUT2D eigenvalue weighted by atomic mass is 32.1. The molecule has 6 nitrogen and oxygen atoms in total. The number of rotatable bonds is 4. The molecule has 1 atom stereocenters. The van der Waals surface area contributed by atoms with Gasteiger partial charge in [-0.05, 0) is 36.6 Å². The number of thiophene rings is 1. The topological polar surface area (TPSA) is 73.9 Å². The molecule has 2 heterocycles. The molecule has 7 heteroatoms. The fourth-order valence-corrected chi connectivity index (χ4v) is 3.67. The Morgan fingerprint density at radius 3 is 2.67 bits per heavy atom. The van der Waals surface area contributed by atoms with Gasteiger partial charge in [-0.3, -0.25) is 4.79 Å². The minimum absolute atomic E-state index is 0.416. The van der Waals surface area contributed by atoms with Crippen LogP contribution in [0.2, 0.25) is 0 Å². The number of amides is 1. The highest BCUT2D eigenvalue weighted by Gasteiger charge is 2.21. The van der Waals surface area contributed by atoms with Crippen molar-refractivity contribution in [3.05, 3.63) is 53.4 Å². The summed E-state index contributed by atoms with van der Waals surface area (Å²) >= 11 is 1.34. The average Bonchev–Trinajstić information content (AvgIpc) is 3.12. The maximum Gasteiger partial charge on any atom is 0.349 e. The van der Waals surface area contributed by atoms with Gasteiger partial charge in [-0.25, -0.2) is 4.79 Å². The lowest BCUT2D eigenvalue weighted by Gasteiger charge is -2.19. The Labute approximate surface area is 159 Å². The van der Waals surface area contributed by atoms with Gasteiger partial charge in [0.15, 0.2) is 17.6 Å². The van der Waals surface area contributed by atoms with Gasteiger partial charge in [0.1, 0.15) is 18.1 Å². The van der Waals surface area contributed by atoms with Gasteiger partial charge in [-0.1, -0.05) is 18.2 Å². The highest BCUT2D eigenvalue weighted by Crippen LogP contribution is 2.32. The Bertz CT molecular complexity index is 980. The first-order chi connectivity index (χ1) is 13.1. The summed E-state index contributed by atoms with van der Waals surface area (Å²) in [4.78, 5) is 25.2. The summed E-state index contributed by atoms with van der Waals surface area (Å²) in [6.07, 6.45) is -0.934. The minimum atomic E-state index is -0.934. The fourth-order valence-electron chi connectivity index (χ4n) is 2.72. The van der Waals surface area contributed by atoms with Crippen molar-refractivity contribution in [2.75, 3.05) is 18.5 Å². The van der Waals surface area contributed by atoms with Crippen molar-refractivity contribution in [3.8, 4) is 11.5 Å². The molecule has 1 amide bonds. The molecule has 0 spiro atoms. The second-order valence-corrected chi connectivity index (χ2v) is 7.13. The quantitative estimate of drug-likeness (QED) is 0.693. The molecule has 0 aliphatic carbocycles. The van der Waals surface area contributed by atoms with Crippen LogP contribution < -0.4 is 14.8 Å². The van der Waals surface area contributed by atoms with Gasteiger partial charge >= 0.3 is 5.97 Å². The molecular formula is C20H17NO5S. The van der Waals surface area contributed by atoms with Crippen LogP contribution in [0.4, 0.5) is 5.69 Å². The lowest BCUT2D eigenvalue weighted by molar-refractivity contribution is -0.123. The zero-order valence-electron chi connectivity index (χ0n) is 14.6. The second kappa shape index (κ2) is 7.28. The van der Waals surface area contributed by atoms with Gasteiger partial charge in [0.2, 0.25) is 0 Å². The fraction of sp³-hybridized carbons (Fsp3) is 0.200. The largest absolute Gasteiger partial charge is 0.486 e. The Kier molecular flexibility index (Phi) is 4.68. The van der Waals surface area contributed by atoms with Crippen molar-refractivity contribution in [3.63, 3.8) is 0 Å². The van der Waals surface area contributed by atoms with E-state index in [2.05, 4.69) is 5.32 Å². The summed E-state index contributed by atoms with van der Waals surface area (Å²) in [7, 11) is 0. The molecule has 0 saturated heterocycles. The molecule has 1 aromatic heterocycles. The van der Waals surface area contributed by atoms with Crippen molar-refractivity contribution in [2.45, 2.75) is 13.0 Å². The van der Waals surface area contributed by atoms with Crippen LogP contribution in [0.1, 0.15) is 16.6 Å². The predicted molar refractivity (Wildman–Crippen MR) is 103 cm³/mol. The Hall–Kier alpha value is -3.06. The summed E-state index contributed by atoms with van der Waals surface area (Å²) in [5, 5.41) is 3.70. The number of ether oxygens (including phenoxy) is 3. The highest BCUT2D eigenvalue weighted by molar-refractivity contribution is 7.20. The van der Waals surface area contributed by atoms with Crippen molar-refractivity contribution in [2.24, 2.45) is 0 Å². The number of esters is 1. The van der Waals surface area contributed by atoms with Gasteiger partial charge < -0.3 is 19.5 Å². The van der Waals surface area contributed by atoms with E-state index in [0.717, 1.165) is 10.1 Å². The molecule has 2 aromatic carbocycles. The summed E-state index contributed by atoms with van der Waals surface area (Å²) < 4.78 is 17.3. The molecule has 0 unspecified atom stereocenters. The first kappa shape index (κ1) is 17.4. The number of hydrogen-bond acceptors (Lipinski definition) is 6. The standard InChI is InChI=1S/C20H17NO5S/c1-12(26-20(23)18-10-13-4-2-3-5-17(13)27-18)19(22)21-14-6-7-15-16(11-14)25-9-8-24-15/h2-7,10-12H,8-9H2,1H3,(H,21,22)/t12-/m0/s1. The molecule has 1 N–H and O–H groups in total. The van der Waals surface area contributed by atoms with Gasteiger partial charge in [0.25, 0.3) is 5.91 Å². The number of carbonyl (C=O) groups excluding carboxylic acids is 2. The van der Waals surface area contributed by atoms with Gasteiger partial charge in [-0.15, -0.1) is 11.3 Å². The van der Waals surface area contributed by atoms with E-state index in [4.69, 9.17) is 14.2 Å². The van der Waals surface area contributed by atoms with Gasteiger partial charge in [0, 0.05) is 16.5 Å². The van der Waals surface area contributed by atoms with Crippen LogP contribution in [0.25, 0.3) is 10.1 Å². The molecule has 1 aliphatic heterocycles. The number of benzene rings is 2.